The first-order chi connectivity index (χ1) is 14.2. The molecule has 0 unspecified atom stereocenters. The van der Waals surface area contributed by atoms with Crippen LogP contribution in [0, 0.1) is 11.8 Å². The Morgan fingerprint density at radius 2 is 1.63 bits per heavy atom. The van der Waals surface area contributed by atoms with Gasteiger partial charge >= 0.3 is 11.9 Å². The Balaban J connectivity index is 1.79. The molecule has 10 nitrogen and oxygen atoms in total. The molecule has 0 spiro atoms. The van der Waals surface area contributed by atoms with Crippen LogP contribution in [0.1, 0.15) is 22.0 Å². The molecular weight excluding hydrogens is 396 g/mol. The number of hydrogen-bond acceptors (Lipinski definition) is 7. The molecular formula is C20H16N2O8. The van der Waals surface area contributed by atoms with Crippen LogP contribution in [0.5, 0.6) is 11.5 Å². The number of rotatable bonds is 4. The van der Waals surface area contributed by atoms with Crippen LogP contribution in [-0.4, -0.2) is 50.2 Å². The summed E-state index contributed by atoms with van der Waals surface area (Å²) in [6.45, 7) is 0. The number of carbonyl (C=O) groups excluding carboxylic acids is 2. The molecule has 5 N–H and O–H groups in total. The number of benzene rings is 2. The molecule has 2 fully saturated rings. The number of aliphatic carboxylic acids is 1. The minimum atomic E-state index is -1.39. The monoisotopic (exact) mass is 412 g/mol. The van der Waals surface area contributed by atoms with E-state index in [1.54, 1.807) is 0 Å². The number of phenols is 2. The average molecular weight is 412 g/mol. The Morgan fingerprint density at radius 1 is 0.933 bits per heavy atom. The summed E-state index contributed by atoms with van der Waals surface area (Å²) < 4.78 is 0. The summed E-state index contributed by atoms with van der Waals surface area (Å²) in [5, 5.41) is 41.2. The number of aromatic carboxylic acids is 1. The van der Waals surface area contributed by atoms with Crippen molar-refractivity contribution < 1.29 is 39.6 Å². The zero-order valence-corrected chi connectivity index (χ0v) is 15.2. The lowest BCUT2D eigenvalue weighted by molar-refractivity contribution is -0.142. The minimum Gasteiger partial charge on any atom is -0.508 e. The Labute approximate surface area is 169 Å². The van der Waals surface area contributed by atoms with Crippen molar-refractivity contribution in [3.63, 3.8) is 0 Å². The lowest BCUT2D eigenvalue weighted by Gasteiger charge is -2.22. The lowest BCUT2D eigenvalue weighted by Crippen LogP contribution is -2.43. The Kier molecular flexibility index (Phi) is 4.43. The van der Waals surface area contributed by atoms with E-state index in [-0.39, 0.29) is 28.3 Å². The van der Waals surface area contributed by atoms with Crippen LogP contribution in [0.15, 0.2) is 42.5 Å². The third-order valence-corrected chi connectivity index (χ3v) is 5.44. The first-order valence-corrected chi connectivity index (χ1v) is 8.92. The predicted octanol–water partition coefficient (Wildman–Crippen LogP) is 0.699. The summed E-state index contributed by atoms with van der Waals surface area (Å²) >= 11 is 0. The number of anilines is 1. The van der Waals surface area contributed by atoms with Gasteiger partial charge in [-0.1, -0.05) is 12.1 Å². The SMILES string of the molecule is O=C(O)c1cccc(N2C(=O)[C@@H]3[C@H](C2=O)[C@H](C(=O)O)N[C@@H]3c2ccc(O)cc2O)c1. The van der Waals surface area contributed by atoms with Gasteiger partial charge < -0.3 is 20.4 Å². The topological polar surface area (TPSA) is 164 Å². The molecule has 0 saturated carbocycles. The molecule has 154 valence electrons. The normalized spacial score (nSPS) is 25.4. The highest BCUT2D eigenvalue weighted by Crippen LogP contribution is 2.47. The summed E-state index contributed by atoms with van der Waals surface area (Å²) in [5.41, 5.74) is 0.0525. The van der Waals surface area contributed by atoms with Crippen LogP contribution in [0.2, 0.25) is 0 Å². The molecule has 0 radical (unpaired) electrons. The number of amides is 2. The molecule has 2 heterocycles. The lowest BCUT2D eigenvalue weighted by atomic mass is 9.86. The minimum absolute atomic E-state index is 0.0251. The van der Waals surface area contributed by atoms with Gasteiger partial charge in [0.25, 0.3) is 0 Å². The first-order valence-electron chi connectivity index (χ1n) is 8.92. The molecule has 2 amide bonds. The van der Waals surface area contributed by atoms with Gasteiger partial charge in [0, 0.05) is 17.7 Å². The predicted molar refractivity (Wildman–Crippen MR) is 99.9 cm³/mol. The fourth-order valence-corrected chi connectivity index (χ4v) is 4.15. The molecule has 10 heteroatoms. The second-order valence-corrected chi connectivity index (χ2v) is 7.12. The van der Waals surface area contributed by atoms with Gasteiger partial charge in [0.2, 0.25) is 11.8 Å². The number of hydrogen-bond donors (Lipinski definition) is 5. The Hall–Kier alpha value is -3.92. The van der Waals surface area contributed by atoms with Crippen LogP contribution in [0.4, 0.5) is 5.69 Å². The van der Waals surface area contributed by atoms with E-state index >= 15 is 0 Å². The number of phenolic OH excluding ortho intramolecular Hbond substituents is 2. The summed E-state index contributed by atoms with van der Waals surface area (Å²) in [6.07, 6.45) is 0. The van der Waals surface area contributed by atoms with Crippen LogP contribution in [0.25, 0.3) is 0 Å². The largest absolute Gasteiger partial charge is 0.508 e. The molecule has 2 aliphatic rings. The third-order valence-electron chi connectivity index (χ3n) is 5.44. The summed E-state index contributed by atoms with van der Waals surface area (Å²) in [6, 6.07) is 6.51. The van der Waals surface area contributed by atoms with Gasteiger partial charge in [0.05, 0.1) is 23.1 Å². The number of aromatic hydroxyl groups is 2. The first kappa shape index (κ1) is 19.4. The fourth-order valence-electron chi connectivity index (χ4n) is 4.15. The van der Waals surface area contributed by atoms with Gasteiger partial charge in [0.15, 0.2) is 0 Å². The van der Waals surface area contributed by atoms with Crippen molar-refractivity contribution in [1.29, 1.82) is 0 Å². The highest BCUT2D eigenvalue weighted by Gasteiger charge is 2.61. The van der Waals surface area contributed by atoms with Crippen molar-refractivity contribution in [2.24, 2.45) is 11.8 Å². The molecule has 4 atom stereocenters. The quantitative estimate of drug-likeness (QED) is 0.455. The number of nitrogens with zero attached hydrogens (tertiary/aromatic N) is 1. The van der Waals surface area contributed by atoms with Crippen molar-refractivity contribution >= 4 is 29.4 Å². The number of fused-ring (bicyclic) bond motifs is 1. The van der Waals surface area contributed by atoms with Gasteiger partial charge in [-0.05, 0) is 24.3 Å². The van der Waals surface area contributed by atoms with Crippen LogP contribution in [-0.2, 0) is 14.4 Å². The average Bonchev–Trinajstić information content (AvgIpc) is 3.19. The second-order valence-electron chi connectivity index (χ2n) is 7.12. The number of carboxylic acids is 2. The van der Waals surface area contributed by atoms with E-state index in [9.17, 15) is 39.6 Å². The van der Waals surface area contributed by atoms with E-state index in [2.05, 4.69) is 5.32 Å². The maximum absolute atomic E-state index is 13.2. The van der Waals surface area contributed by atoms with E-state index in [1.807, 2.05) is 0 Å². The molecule has 2 saturated heterocycles. The second kappa shape index (κ2) is 6.85. The van der Waals surface area contributed by atoms with Gasteiger partial charge in [0.1, 0.15) is 17.5 Å². The van der Waals surface area contributed by atoms with E-state index in [1.165, 1.54) is 30.3 Å². The number of imide groups is 1. The standard InChI is InChI=1S/C20H16N2O8/c23-10-4-5-11(12(24)7-10)15-13-14(16(21-15)20(29)30)18(26)22(17(13)25)9-3-1-2-8(6-9)19(27)28/h1-7,13-16,21,23-24H,(H,27,28)(H,29,30)/t13-,14+,15-,16-/m1/s1. The van der Waals surface area contributed by atoms with Gasteiger partial charge in [-0.15, -0.1) is 0 Å². The third kappa shape index (κ3) is 2.85. The maximum atomic E-state index is 13.2. The smallest absolute Gasteiger partial charge is 0.335 e. The molecule has 2 aromatic carbocycles. The summed E-state index contributed by atoms with van der Waals surface area (Å²) in [7, 11) is 0. The molecule has 0 bridgehead atoms. The van der Waals surface area contributed by atoms with Crippen molar-refractivity contribution in [2.75, 3.05) is 4.90 Å². The van der Waals surface area contributed by atoms with Crippen molar-refractivity contribution in [3.8, 4) is 11.5 Å². The van der Waals surface area contributed by atoms with Crippen molar-refractivity contribution in [1.82, 2.24) is 5.32 Å². The van der Waals surface area contributed by atoms with E-state index in [4.69, 9.17) is 0 Å². The zero-order chi connectivity index (χ0) is 21.7. The molecule has 0 aromatic heterocycles. The fraction of sp³-hybridized carbons (Fsp3) is 0.200. The number of carboxylic acid groups (broad SMARTS) is 2. The summed E-state index contributed by atoms with van der Waals surface area (Å²) in [4.78, 5) is 50.1. The van der Waals surface area contributed by atoms with Gasteiger partial charge in [-0.2, -0.15) is 0 Å². The maximum Gasteiger partial charge on any atom is 0.335 e. The van der Waals surface area contributed by atoms with E-state index < -0.39 is 47.7 Å². The molecule has 0 aliphatic carbocycles. The summed E-state index contributed by atoms with van der Waals surface area (Å²) in [5.74, 6) is -7.02. The zero-order valence-electron chi connectivity index (χ0n) is 15.2. The molecule has 30 heavy (non-hydrogen) atoms. The van der Waals surface area contributed by atoms with Crippen molar-refractivity contribution in [2.45, 2.75) is 12.1 Å². The molecule has 2 aliphatic heterocycles. The van der Waals surface area contributed by atoms with Crippen molar-refractivity contribution in [3.05, 3.63) is 53.6 Å². The molecule has 2 aromatic rings. The highest BCUT2D eigenvalue weighted by atomic mass is 16.4. The van der Waals surface area contributed by atoms with E-state index in [0.29, 0.717) is 0 Å². The molecule has 4 rings (SSSR count). The van der Waals surface area contributed by atoms with Gasteiger partial charge in [-0.25, -0.2) is 9.69 Å². The van der Waals surface area contributed by atoms with Crippen LogP contribution in [0.3, 0.4) is 0 Å². The van der Waals surface area contributed by atoms with Gasteiger partial charge in [-0.3, -0.25) is 19.7 Å². The Morgan fingerprint density at radius 3 is 2.27 bits per heavy atom. The van der Waals surface area contributed by atoms with E-state index in [0.717, 1.165) is 17.0 Å². The Bertz CT molecular complexity index is 1100. The highest BCUT2D eigenvalue weighted by molar-refractivity contribution is 6.24. The number of carbonyl (C=O) groups is 4. The van der Waals surface area contributed by atoms with Crippen LogP contribution < -0.4 is 10.2 Å². The number of nitrogens with one attached hydrogen (secondary N) is 1. The van der Waals surface area contributed by atoms with Crippen LogP contribution >= 0.6 is 0 Å².